The highest BCUT2D eigenvalue weighted by Crippen LogP contribution is 2.39. The Kier molecular flexibility index (Phi) is 6.47. The molecule has 6 heteroatoms. The lowest BCUT2D eigenvalue weighted by molar-refractivity contribution is 0.0999. The zero-order valence-corrected chi connectivity index (χ0v) is 18.7. The Labute approximate surface area is 164 Å². The number of primary amides is 1. The van der Waals surface area contributed by atoms with Gasteiger partial charge >= 0.3 is 0 Å². The molecule has 146 valence electrons. The van der Waals surface area contributed by atoms with Crippen molar-refractivity contribution >= 4 is 31.5 Å². The normalized spacial score (nSPS) is 18.0. The highest BCUT2D eigenvalue weighted by atomic mass is 35.5. The van der Waals surface area contributed by atoms with Crippen molar-refractivity contribution < 1.29 is 9.22 Å². The number of hydrogen-bond donors (Lipinski definition) is 1. The third-order valence-corrected chi connectivity index (χ3v) is 10.9. The summed E-state index contributed by atoms with van der Waals surface area (Å²) >= 11 is 6.02. The van der Waals surface area contributed by atoms with E-state index in [-0.39, 0.29) is 11.1 Å². The van der Waals surface area contributed by atoms with Crippen LogP contribution in [0.4, 0.5) is 5.69 Å². The van der Waals surface area contributed by atoms with Gasteiger partial charge in [0.1, 0.15) is 0 Å². The predicted octanol–water partition coefficient (Wildman–Crippen LogP) is 5.07. The molecule has 26 heavy (non-hydrogen) atoms. The van der Waals surface area contributed by atoms with Gasteiger partial charge in [-0.1, -0.05) is 32.4 Å². The van der Waals surface area contributed by atoms with Crippen molar-refractivity contribution in [1.82, 2.24) is 0 Å². The Morgan fingerprint density at radius 2 is 1.88 bits per heavy atom. The maximum absolute atomic E-state index is 11.8. The van der Waals surface area contributed by atoms with Crippen LogP contribution >= 0.6 is 11.6 Å². The molecule has 0 aliphatic carbocycles. The van der Waals surface area contributed by atoms with Crippen LogP contribution < -0.4 is 10.6 Å². The van der Waals surface area contributed by atoms with Gasteiger partial charge < -0.3 is 15.1 Å². The van der Waals surface area contributed by atoms with Gasteiger partial charge in [-0.3, -0.25) is 4.79 Å². The SMILES string of the molecule is CC(O[Si](C)(C)C(C)(C)C)C1CCN(c2ccc(Cl)cc2C(N)=O)CC1. The quantitative estimate of drug-likeness (QED) is 0.707. The van der Waals surface area contributed by atoms with Gasteiger partial charge in [0.05, 0.1) is 5.56 Å². The van der Waals surface area contributed by atoms with Crippen LogP contribution in [-0.2, 0) is 4.43 Å². The van der Waals surface area contributed by atoms with Gasteiger partial charge in [0.15, 0.2) is 8.32 Å². The molecule has 0 bridgehead atoms. The summed E-state index contributed by atoms with van der Waals surface area (Å²) in [4.78, 5) is 14.0. The fraction of sp³-hybridized carbons (Fsp3) is 0.650. The number of nitrogens with zero attached hydrogens (tertiary/aromatic N) is 1. The summed E-state index contributed by atoms with van der Waals surface area (Å²) in [5.74, 6) is 0.115. The minimum absolute atomic E-state index is 0.224. The van der Waals surface area contributed by atoms with Gasteiger partial charge in [0, 0.05) is 29.9 Å². The molecule has 0 radical (unpaired) electrons. The summed E-state index contributed by atoms with van der Waals surface area (Å²) in [6.45, 7) is 15.5. The number of piperidine rings is 1. The van der Waals surface area contributed by atoms with Crippen LogP contribution in [0.1, 0.15) is 50.9 Å². The third kappa shape index (κ3) is 4.81. The third-order valence-electron chi connectivity index (χ3n) is 6.05. The van der Waals surface area contributed by atoms with E-state index in [1.807, 2.05) is 12.1 Å². The standard InChI is InChI=1S/C20H33ClN2O2Si/c1-14(25-26(5,6)20(2,3)4)15-9-11-23(12-10-15)18-8-7-16(21)13-17(18)19(22)24/h7-8,13-15H,9-12H2,1-6H3,(H2,22,24). The number of benzene rings is 1. The van der Waals surface area contributed by atoms with E-state index in [4.69, 9.17) is 21.8 Å². The number of hydrogen-bond acceptors (Lipinski definition) is 3. The first-order valence-corrected chi connectivity index (χ1v) is 12.7. The van der Waals surface area contributed by atoms with Gasteiger partial charge in [-0.25, -0.2) is 0 Å². The minimum atomic E-state index is -1.75. The summed E-state index contributed by atoms with van der Waals surface area (Å²) in [7, 11) is -1.75. The summed E-state index contributed by atoms with van der Waals surface area (Å²) in [5, 5.41) is 0.760. The van der Waals surface area contributed by atoms with Crippen molar-refractivity contribution in [1.29, 1.82) is 0 Å². The van der Waals surface area contributed by atoms with E-state index < -0.39 is 14.2 Å². The van der Waals surface area contributed by atoms with E-state index >= 15 is 0 Å². The lowest BCUT2D eigenvalue weighted by Crippen LogP contribution is -2.47. The van der Waals surface area contributed by atoms with E-state index in [0.717, 1.165) is 31.6 Å². The zero-order valence-electron chi connectivity index (χ0n) is 16.9. The van der Waals surface area contributed by atoms with Gasteiger partial charge in [0.25, 0.3) is 5.91 Å². The largest absolute Gasteiger partial charge is 0.414 e. The number of rotatable bonds is 5. The minimum Gasteiger partial charge on any atom is -0.414 e. The lowest BCUT2D eigenvalue weighted by atomic mass is 9.91. The predicted molar refractivity (Wildman–Crippen MR) is 113 cm³/mol. The molecule has 0 aromatic heterocycles. The fourth-order valence-electron chi connectivity index (χ4n) is 3.33. The summed E-state index contributed by atoms with van der Waals surface area (Å²) < 4.78 is 6.59. The second-order valence-electron chi connectivity index (χ2n) is 8.93. The van der Waals surface area contributed by atoms with Crippen LogP contribution in [0.3, 0.4) is 0 Å². The lowest BCUT2D eigenvalue weighted by Gasteiger charge is -2.42. The van der Waals surface area contributed by atoms with Crippen LogP contribution in [0.2, 0.25) is 23.2 Å². The van der Waals surface area contributed by atoms with E-state index in [2.05, 4.69) is 45.7 Å². The molecular weight excluding hydrogens is 364 g/mol. The summed E-state index contributed by atoms with van der Waals surface area (Å²) in [6, 6.07) is 5.38. The molecule has 1 aromatic rings. The zero-order chi connectivity index (χ0) is 19.7. The maximum Gasteiger partial charge on any atom is 0.250 e. The molecule has 0 saturated carbocycles. The average Bonchev–Trinajstić information content (AvgIpc) is 2.53. The second-order valence-corrected chi connectivity index (χ2v) is 14.1. The molecule has 1 fully saturated rings. The molecule has 1 unspecified atom stereocenters. The Balaban J connectivity index is 2.03. The number of amides is 1. The van der Waals surface area contributed by atoms with E-state index in [1.54, 1.807) is 6.07 Å². The first-order valence-electron chi connectivity index (χ1n) is 9.44. The number of anilines is 1. The van der Waals surface area contributed by atoms with Crippen molar-refractivity contribution in [2.45, 2.75) is 64.8 Å². The average molecular weight is 397 g/mol. The Morgan fingerprint density at radius 1 is 1.31 bits per heavy atom. The summed E-state index contributed by atoms with van der Waals surface area (Å²) in [6.07, 6.45) is 2.37. The number of halogens is 1. The second kappa shape index (κ2) is 7.91. The highest BCUT2D eigenvalue weighted by Gasteiger charge is 2.40. The highest BCUT2D eigenvalue weighted by molar-refractivity contribution is 6.74. The van der Waals surface area contributed by atoms with Crippen LogP contribution in [0.15, 0.2) is 18.2 Å². The smallest absolute Gasteiger partial charge is 0.250 e. The number of nitrogens with two attached hydrogens (primary N) is 1. The molecule has 2 N–H and O–H groups in total. The van der Waals surface area contributed by atoms with Crippen molar-refractivity contribution in [3.05, 3.63) is 28.8 Å². The van der Waals surface area contributed by atoms with Crippen molar-refractivity contribution in [2.24, 2.45) is 11.7 Å². The molecule has 1 saturated heterocycles. The van der Waals surface area contributed by atoms with Gasteiger partial charge in [-0.15, -0.1) is 0 Å². The fourth-order valence-corrected chi connectivity index (χ4v) is 4.98. The molecule has 1 aliphatic rings. The molecule has 1 aromatic carbocycles. The maximum atomic E-state index is 11.8. The summed E-state index contributed by atoms with van der Waals surface area (Å²) in [5.41, 5.74) is 6.92. The molecule has 1 heterocycles. The van der Waals surface area contributed by atoms with E-state index in [9.17, 15) is 4.79 Å². The van der Waals surface area contributed by atoms with Crippen molar-refractivity contribution in [3.63, 3.8) is 0 Å². The molecule has 1 aliphatic heterocycles. The first kappa shape index (κ1) is 21.3. The Hall–Kier alpha value is -1.04. The van der Waals surface area contributed by atoms with Crippen LogP contribution in [0.5, 0.6) is 0 Å². The number of carbonyl (C=O) groups is 1. The van der Waals surface area contributed by atoms with Crippen molar-refractivity contribution in [3.8, 4) is 0 Å². The van der Waals surface area contributed by atoms with Gasteiger partial charge in [-0.05, 0) is 62.0 Å². The molecular formula is C20H33ClN2O2Si. The number of carbonyl (C=O) groups excluding carboxylic acids is 1. The van der Waals surface area contributed by atoms with E-state index in [0.29, 0.717) is 16.5 Å². The topological polar surface area (TPSA) is 55.6 Å². The van der Waals surface area contributed by atoms with Crippen molar-refractivity contribution in [2.75, 3.05) is 18.0 Å². The van der Waals surface area contributed by atoms with Gasteiger partial charge in [0.2, 0.25) is 0 Å². The molecule has 1 amide bonds. The molecule has 2 rings (SSSR count). The molecule has 1 atom stereocenters. The van der Waals surface area contributed by atoms with Crippen LogP contribution in [0.25, 0.3) is 0 Å². The Bertz CT molecular complexity index is 650. The Morgan fingerprint density at radius 3 is 2.38 bits per heavy atom. The van der Waals surface area contributed by atoms with Gasteiger partial charge in [-0.2, -0.15) is 0 Å². The van der Waals surface area contributed by atoms with E-state index in [1.165, 1.54) is 0 Å². The van der Waals surface area contributed by atoms with Crippen LogP contribution in [0, 0.1) is 5.92 Å². The molecule has 4 nitrogen and oxygen atoms in total. The molecule has 0 spiro atoms. The van der Waals surface area contributed by atoms with Crippen LogP contribution in [-0.4, -0.2) is 33.4 Å². The monoisotopic (exact) mass is 396 g/mol. The first-order chi connectivity index (χ1) is 11.9.